The fourth-order valence-corrected chi connectivity index (χ4v) is 3.22. The van der Waals surface area contributed by atoms with Gasteiger partial charge < -0.3 is 20.0 Å². The second kappa shape index (κ2) is 7.63. The van der Waals surface area contributed by atoms with Crippen LogP contribution in [0.1, 0.15) is 17.2 Å². The molecule has 27 heavy (non-hydrogen) atoms. The average Bonchev–Trinajstić information content (AvgIpc) is 2.91. The van der Waals surface area contributed by atoms with E-state index >= 15 is 0 Å². The Balaban J connectivity index is 2.15. The monoisotopic (exact) mass is 366 g/mol. The highest BCUT2D eigenvalue weighted by atomic mass is 16.3. The van der Waals surface area contributed by atoms with E-state index in [0.29, 0.717) is 13.1 Å². The number of carbonyl (C=O) groups excluding carboxylic acids is 2. The second-order valence-electron chi connectivity index (χ2n) is 6.72. The van der Waals surface area contributed by atoms with Gasteiger partial charge in [-0.1, -0.05) is 42.5 Å². The number of Topliss-reactive ketones (excluding diaryl/α,β-unsaturated/α-hetero) is 1. The van der Waals surface area contributed by atoms with Crippen molar-refractivity contribution in [3.05, 3.63) is 71.3 Å². The topological polar surface area (TPSA) is 81.1 Å². The molecule has 1 heterocycles. The quantitative estimate of drug-likeness (QED) is 0.482. The number of aliphatic hydroxyl groups is 1. The Hall–Kier alpha value is -3.12. The molecule has 3 rings (SSSR count). The Morgan fingerprint density at radius 2 is 1.67 bits per heavy atom. The highest BCUT2D eigenvalue weighted by molar-refractivity contribution is 6.46. The molecule has 6 heteroatoms. The zero-order valence-corrected chi connectivity index (χ0v) is 15.3. The van der Waals surface area contributed by atoms with E-state index in [9.17, 15) is 19.8 Å². The Morgan fingerprint density at radius 1 is 1.04 bits per heavy atom. The first kappa shape index (κ1) is 18.7. The van der Waals surface area contributed by atoms with Crippen LogP contribution < -0.4 is 0 Å². The number of phenolic OH excluding ortho intramolecular Hbond substituents is 1. The lowest BCUT2D eigenvalue weighted by Gasteiger charge is -2.26. The van der Waals surface area contributed by atoms with Gasteiger partial charge in [-0.25, -0.2) is 0 Å². The van der Waals surface area contributed by atoms with Gasteiger partial charge in [-0.15, -0.1) is 0 Å². The Morgan fingerprint density at radius 3 is 2.30 bits per heavy atom. The molecule has 0 saturated carbocycles. The number of ketones is 1. The summed E-state index contributed by atoms with van der Waals surface area (Å²) in [6, 6.07) is 14.6. The zero-order valence-electron chi connectivity index (χ0n) is 15.3. The Labute approximate surface area is 158 Å². The van der Waals surface area contributed by atoms with E-state index in [4.69, 9.17) is 0 Å². The number of amides is 1. The number of aromatic hydroxyl groups is 1. The summed E-state index contributed by atoms with van der Waals surface area (Å²) in [7, 11) is 3.77. The van der Waals surface area contributed by atoms with Crippen molar-refractivity contribution in [2.45, 2.75) is 6.04 Å². The normalized spacial score (nSPS) is 19.1. The molecule has 1 aliphatic heterocycles. The van der Waals surface area contributed by atoms with Crippen LogP contribution in [0.25, 0.3) is 5.76 Å². The smallest absolute Gasteiger partial charge is 0.295 e. The van der Waals surface area contributed by atoms with Crippen LogP contribution in [0, 0.1) is 0 Å². The van der Waals surface area contributed by atoms with E-state index in [2.05, 4.69) is 0 Å². The first-order chi connectivity index (χ1) is 12.9. The minimum Gasteiger partial charge on any atom is -0.507 e. The van der Waals surface area contributed by atoms with Gasteiger partial charge in [-0.2, -0.15) is 0 Å². The van der Waals surface area contributed by atoms with Gasteiger partial charge in [-0.05, 0) is 31.8 Å². The number of hydrogen-bond donors (Lipinski definition) is 2. The van der Waals surface area contributed by atoms with Crippen molar-refractivity contribution in [3.63, 3.8) is 0 Å². The van der Waals surface area contributed by atoms with Gasteiger partial charge in [-0.3, -0.25) is 9.59 Å². The zero-order chi connectivity index (χ0) is 19.6. The fourth-order valence-electron chi connectivity index (χ4n) is 3.22. The van der Waals surface area contributed by atoms with Crippen LogP contribution >= 0.6 is 0 Å². The molecular formula is C21H22N2O4. The van der Waals surface area contributed by atoms with Crippen LogP contribution in [0.5, 0.6) is 5.75 Å². The molecule has 1 saturated heterocycles. The second-order valence-corrected chi connectivity index (χ2v) is 6.72. The SMILES string of the molecule is CN(C)CCN1C(=O)C(=O)C(=C(O)c2ccccc2O)C1c1ccccc1. The van der Waals surface area contributed by atoms with Crippen LogP contribution in [-0.4, -0.2) is 58.9 Å². The summed E-state index contributed by atoms with van der Waals surface area (Å²) < 4.78 is 0. The van der Waals surface area contributed by atoms with E-state index < -0.39 is 17.7 Å². The highest BCUT2D eigenvalue weighted by Gasteiger charge is 2.46. The highest BCUT2D eigenvalue weighted by Crippen LogP contribution is 2.40. The van der Waals surface area contributed by atoms with Crippen LogP contribution in [-0.2, 0) is 9.59 Å². The molecule has 0 aliphatic carbocycles. The van der Waals surface area contributed by atoms with Gasteiger partial charge >= 0.3 is 0 Å². The maximum atomic E-state index is 12.8. The van der Waals surface area contributed by atoms with Crippen molar-refractivity contribution < 1.29 is 19.8 Å². The largest absolute Gasteiger partial charge is 0.507 e. The molecule has 1 atom stereocenters. The fraction of sp³-hybridized carbons (Fsp3) is 0.238. The number of carbonyl (C=O) groups is 2. The van der Waals surface area contributed by atoms with Crippen LogP contribution in [0.2, 0.25) is 0 Å². The summed E-state index contributed by atoms with van der Waals surface area (Å²) >= 11 is 0. The molecule has 1 fully saturated rings. The third-order valence-corrected chi connectivity index (χ3v) is 4.60. The van der Waals surface area contributed by atoms with Crippen LogP contribution in [0.15, 0.2) is 60.2 Å². The minimum atomic E-state index is -0.747. The van der Waals surface area contributed by atoms with E-state index in [-0.39, 0.29) is 22.6 Å². The van der Waals surface area contributed by atoms with Crippen molar-refractivity contribution >= 4 is 17.4 Å². The molecular weight excluding hydrogens is 344 g/mol. The molecule has 0 aromatic heterocycles. The van der Waals surface area contributed by atoms with Crippen LogP contribution in [0.4, 0.5) is 0 Å². The molecule has 0 bridgehead atoms. The van der Waals surface area contributed by atoms with Gasteiger partial charge in [0.25, 0.3) is 11.7 Å². The third kappa shape index (κ3) is 3.57. The number of phenols is 1. The summed E-state index contributed by atoms with van der Waals surface area (Å²) in [5.41, 5.74) is 0.850. The number of nitrogens with zero attached hydrogens (tertiary/aromatic N) is 2. The minimum absolute atomic E-state index is 0.00791. The average molecular weight is 366 g/mol. The maximum Gasteiger partial charge on any atom is 0.295 e. The van der Waals surface area contributed by atoms with Gasteiger partial charge in [0.05, 0.1) is 17.2 Å². The first-order valence-electron chi connectivity index (χ1n) is 8.68. The van der Waals surface area contributed by atoms with Crippen molar-refractivity contribution in [1.82, 2.24) is 9.80 Å². The standard InChI is InChI=1S/C21H22N2O4/c1-22(2)12-13-23-18(14-8-4-3-5-9-14)17(20(26)21(23)27)19(25)15-10-6-7-11-16(15)24/h3-11,18,24-25H,12-13H2,1-2H3. The van der Waals surface area contributed by atoms with Gasteiger partial charge in [0.2, 0.25) is 0 Å². The van der Waals surface area contributed by atoms with E-state index in [1.54, 1.807) is 12.1 Å². The molecule has 1 unspecified atom stereocenters. The summed E-state index contributed by atoms with van der Waals surface area (Å²) in [5.74, 6) is -1.92. The number of para-hydroxylation sites is 1. The molecule has 6 nitrogen and oxygen atoms in total. The first-order valence-corrected chi connectivity index (χ1v) is 8.68. The predicted molar refractivity (Wildman–Crippen MR) is 102 cm³/mol. The third-order valence-electron chi connectivity index (χ3n) is 4.60. The predicted octanol–water partition coefficient (Wildman–Crippen LogP) is 2.38. The lowest BCUT2D eigenvalue weighted by Crippen LogP contribution is -2.35. The van der Waals surface area contributed by atoms with E-state index in [1.807, 2.05) is 49.3 Å². The van der Waals surface area contributed by atoms with Gasteiger partial charge in [0.1, 0.15) is 11.5 Å². The molecule has 2 aromatic rings. The summed E-state index contributed by atoms with van der Waals surface area (Å²) in [5, 5.41) is 20.9. The maximum absolute atomic E-state index is 12.8. The Kier molecular flexibility index (Phi) is 5.28. The van der Waals surface area contributed by atoms with Crippen molar-refractivity contribution in [1.29, 1.82) is 0 Å². The van der Waals surface area contributed by atoms with Gasteiger partial charge in [0, 0.05) is 13.1 Å². The lowest BCUT2D eigenvalue weighted by molar-refractivity contribution is -0.140. The van der Waals surface area contributed by atoms with E-state index in [0.717, 1.165) is 5.56 Å². The van der Waals surface area contributed by atoms with Crippen LogP contribution in [0.3, 0.4) is 0 Å². The van der Waals surface area contributed by atoms with Crippen molar-refractivity contribution in [2.75, 3.05) is 27.2 Å². The number of likely N-dealkylation sites (tertiary alicyclic amines) is 1. The van der Waals surface area contributed by atoms with Crippen molar-refractivity contribution in [2.24, 2.45) is 0 Å². The molecule has 0 radical (unpaired) electrons. The molecule has 1 amide bonds. The number of hydrogen-bond acceptors (Lipinski definition) is 5. The lowest BCUT2D eigenvalue weighted by atomic mass is 9.95. The van der Waals surface area contributed by atoms with E-state index in [1.165, 1.54) is 17.0 Å². The molecule has 2 aromatic carbocycles. The number of rotatable bonds is 5. The Bertz CT molecular complexity index is 890. The number of aliphatic hydroxyl groups excluding tert-OH is 1. The molecule has 140 valence electrons. The summed E-state index contributed by atoms with van der Waals surface area (Å²) in [6.07, 6.45) is 0. The number of likely N-dealkylation sites (N-methyl/N-ethyl adjacent to an activating group) is 1. The molecule has 0 spiro atoms. The van der Waals surface area contributed by atoms with Crippen molar-refractivity contribution in [3.8, 4) is 5.75 Å². The molecule has 2 N–H and O–H groups in total. The van der Waals surface area contributed by atoms with Gasteiger partial charge in [0.15, 0.2) is 0 Å². The molecule has 1 aliphatic rings. The number of benzene rings is 2. The summed E-state index contributed by atoms with van der Waals surface area (Å²) in [4.78, 5) is 28.8. The summed E-state index contributed by atoms with van der Waals surface area (Å²) in [6.45, 7) is 0.918.